The van der Waals surface area contributed by atoms with Crippen LogP contribution < -0.4 is 0 Å². The maximum absolute atomic E-state index is 8.46. The molecule has 66 valence electrons. The average molecular weight is 164 g/mol. The van der Waals surface area contributed by atoms with Crippen LogP contribution in [0.5, 0.6) is 0 Å². The van der Waals surface area contributed by atoms with Crippen LogP contribution in [0.4, 0.5) is 0 Å². The lowest BCUT2D eigenvalue weighted by Crippen LogP contribution is -1.97. The second-order valence-corrected chi connectivity index (χ2v) is 3.09. The van der Waals surface area contributed by atoms with Gasteiger partial charge in [-0.15, -0.1) is 0 Å². The number of hydrogen-bond acceptors (Lipinski definition) is 2. The van der Waals surface area contributed by atoms with Crippen molar-refractivity contribution in [2.75, 3.05) is 0 Å². The van der Waals surface area contributed by atoms with Crippen LogP contribution in [0.1, 0.15) is 45.4 Å². The predicted octanol–water partition coefficient (Wildman–Crippen LogP) is 3.01. The summed E-state index contributed by atoms with van der Waals surface area (Å²) in [4.78, 5) is 0. The van der Waals surface area contributed by atoms with Gasteiger partial charge in [-0.25, -0.2) is 0 Å². The van der Waals surface area contributed by atoms with E-state index in [1.54, 1.807) is 0 Å². The fourth-order valence-corrected chi connectivity index (χ4v) is 1.22. The maximum Gasteiger partial charge on any atom is 0.0625 e. The van der Waals surface area contributed by atoms with E-state index in [0.717, 1.165) is 12.8 Å². The van der Waals surface area contributed by atoms with Crippen molar-refractivity contribution >= 4 is 0 Å². The van der Waals surface area contributed by atoms with Crippen LogP contribution in [-0.4, -0.2) is 0 Å². The number of nitriles is 2. The molecule has 0 aromatic rings. The van der Waals surface area contributed by atoms with Gasteiger partial charge in [-0.05, 0) is 12.3 Å². The molecule has 0 N–H and O–H groups in total. The lowest BCUT2D eigenvalue weighted by atomic mass is 9.96. The quantitative estimate of drug-likeness (QED) is 0.566. The van der Waals surface area contributed by atoms with Gasteiger partial charge in [0.2, 0.25) is 0 Å². The third-order valence-electron chi connectivity index (χ3n) is 1.98. The van der Waals surface area contributed by atoms with E-state index >= 15 is 0 Å². The molecule has 0 aromatic heterocycles. The van der Waals surface area contributed by atoms with Crippen LogP contribution in [0.25, 0.3) is 0 Å². The Bertz CT molecular complexity index is 157. The Balaban J connectivity index is 3.51. The fraction of sp³-hybridized carbons (Fsp3) is 0.800. The molecule has 0 aliphatic rings. The maximum atomic E-state index is 8.46. The van der Waals surface area contributed by atoms with E-state index in [2.05, 4.69) is 19.1 Å². The molecule has 0 amide bonds. The molecule has 0 aliphatic carbocycles. The summed E-state index contributed by atoms with van der Waals surface area (Å²) in [5.41, 5.74) is 0. The number of rotatable bonds is 6. The van der Waals surface area contributed by atoms with E-state index in [1.807, 2.05) is 0 Å². The zero-order chi connectivity index (χ0) is 9.23. The SMILES string of the molecule is CCCCCC(CC#N)CC#N. The molecule has 0 unspecified atom stereocenters. The molecule has 0 heterocycles. The summed E-state index contributed by atoms with van der Waals surface area (Å²) in [6, 6.07) is 4.26. The highest BCUT2D eigenvalue weighted by atomic mass is 14.3. The molecule has 0 atom stereocenters. The van der Waals surface area contributed by atoms with E-state index in [9.17, 15) is 0 Å². The fourth-order valence-electron chi connectivity index (χ4n) is 1.22. The summed E-state index contributed by atoms with van der Waals surface area (Å²) in [6.45, 7) is 2.16. The molecule has 12 heavy (non-hydrogen) atoms. The molecule has 0 spiro atoms. The summed E-state index contributed by atoms with van der Waals surface area (Å²) >= 11 is 0. The molecule has 0 fully saturated rings. The largest absolute Gasteiger partial charge is 0.198 e. The Morgan fingerprint density at radius 3 is 2.08 bits per heavy atom. The van der Waals surface area contributed by atoms with Crippen LogP contribution >= 0.6 is 0 Å². The number of hydrogen-bond donors (Lipinski definition) is 0. The van der Waals surface area contributed by atoms with Crippen molar-refractivity contribution in [2.45, 2.75) is 45.4 Å². The normalized spacial score (nSPS) is 9.33. The minimum absolute atomic E-state index is 0.312. The van der Waals surface area contributed by atoms with Gasteiger partial charge in [0.1, 0.15) is 0 Å². The lowest BCUT2D eigenvalue weighted by Gasteiger charge is -2.07. The van der Waals surface area contributed by atoms with Crippen LogP contribution in [0.2, 0.25) is 0 Å². The van der Waals surface area contributed by atoms with Crippen molar-refractivity contribution in [3.63, 3.8) is 0 Å². The Hall–Kier alpha value is -1.02. The summed E-state index contributed by atoms with van der Waals surface area (Å²) in [6.07, 6.45) is 5.69. The zero-order valence-electron chi connectivity index (χ0n) is 7.71. The Morgan fingerprint density at radius 2 is 1.67 bits per heavy atom. The van der Waals surface area contributed by atoms with E-state index in [-0.39, 0.29) is 0 Å². The lowest BCUT2D eigenvalue weighted by molar-refractivity contribution is 0.474. The van der Waals surface area contributed by atoms with Crippen molar-refractivity contribution in [3.8, 4) is 12.1 Å². The summed E-state index contributed by atoms with van der Waals surface area (Å²) < 4.78 is 0. The van der Waals surface area contributed by atoms with Gasteiger partial charge < -0.3 is 0 Å². The third-order valence-corrected chi connectivity index (χ3v) is 1.98. The van der Waals surface area contributed by atoms with Crippen LogP contribution in [0.15, 0.2) is 0 Å². The van der Waals surface area contributed by atoms with Crippen LogP contribution in [0, 0.1) is 28.6 Å². The molecule has 0 aromatic carbocycles. The van der Waals surface area contributed by atoms with Crippen LogP contribution in [0.3, 0.4) is 0 Å². The van der Waals surface area contributed by atoms with Crippen molar-refractivity contribution in [1.82, 2.24) is 0 Å². The smallest absolute Gasteiger partial charge is 0.0625 e. The highest BCUT2D eigenvalue weighted by Crippen LogP contribution is 2.16. The van der Waals surface area contributed by atoms with Crippen molar-refractivity contribution in [3.05, 3.63) is 0 Å². The Labute approximate surface area is 74.8 Å². The molecular weight excluding hydrogens is 148 g/mol. The first-order valence-electron chi connectivity index (χ1n) is 4.59. The monoisotopic (exact) mass is 164 g/mol. The third kappa shape index (κ3) is 5.74. The minimum Gasteiger partial charge on any atom is -0.198 e. The van der Waals surface area contributed by atoms with E-state index in [1.165, 1.54) is 12.8 Å². The highest BCUT2D eigenvalue weighted by Gasteiger charge is 2.06. The molecule has 0 bridgehead atoms. The molecule has 0 saturated carbocycles. The molecule has 0 saturated heterocycles. The van der Waals surface area contributed by atoms with Gasteiger partial charge in [0.25, 0.3) is 0 Å². The molecule has 2 heteroatoms. The zero-order valence-corrected chi connectivity index (χ0v) is 7.71. The van der Waals surface area contributed by atoms with Gasteiger partial charge in [0, 0.05) is 12.8 Å². The number of nitrogens with zero attached hydrogens (tertiary/aromatic N) is 2. The van der Waals surface area contributed by atoms with Gasteiger partial charge in [0.05, 0.1) is 12.1 Å². The van der Waals surface area contributed by atoms with Gasteiger partial charge in [0.15, 0.2) is 0 Å². The molecule has 0 aliphatic heterocycles. The van der Waals surface area contributed by atoms with Gasteiger partial charge >= 0.3 is 0 Å². The van der Waals surface area contributed by atoms with Crippen molar-refractivity contribution in [2.24, 2.45) is 5.92 Å². The topological polar surface area (TPSA) is 47.6 Å². The number of unbranched alkanes of at least 4 members (excludes halogenated alkanes) is 2. The first-order valence-corrected chi connectivity index (χ1v) is 4.59. The second kappa shape index (κ2) is 8.08. The van der Waals surface area contributed by atoms with Gasteiger partial charge in [-0.3, -0.25) is 0 Å². The van der Waals surface area contributed by atoms with Crippen molar-refractivity contribution in [1.29, 1.82) is 10.5 Å². The Kier molecular flexibility index (Phi) is 7.39. The molecule has 0 rings (SSSR count). The summed E-state index contributed by atoms with van der Waals surface area (Å²) in [5, 5.41) is 16.9. The summed E-state index contributed by atoms with van der Waals surface area (Å²) in [5.74, 6) is 0.312. The minimum atomic E-state index is 0.312. The van der Waals surface area contributed by atoms with Crippen LogP contribution in [-0.2, 0) is 0 Å². The average Bonchev–Trinajstić information content (AvgIpc) is 2.06. The first kappa shape index (κ1) is 11.0. The van der Waals surface area contributed by atoms with E-state index < -0.39 is 0 Å². The van der Waals surface area contributed by atoms with E-state index in [4.69, 9.17) is 10.5 Å². The Morgan fingerprint density at radius 1 is 1.08 bits per heavy atom. The molecular formula is C10H16N2. The molecule has 2 nitrogen and oxygen atoms in total. The second-order valence-electron chi connectivity index (χ2n) is 3.09. The standard InChI is InChI=1S/C10H16N2/c1-2-3-4-5-10(6-8-11)7-9-12/h10H,2-7H2,1H3. The van der Waals surface area contributed by atoms with E-state index in [0.29, 0.717) is 18.8 Å². The van der Waals surface area contributed by atoms with Crippen molar-refractivity contribution < 1.29 is 0 Å². The first-order chi connectivity index (χ1) is 5.85. The highest BCUT2D eigenvalue weighted by molar-refractivity contribution is 4.82. The van der Waals surface area contributed by atoms with Gasteiger partial charge in [-0.1, -0.05) is 26.2 Å². The summed E-state index contributed by atoms with van der Waals surface area (Å²) in [7, 11) is 0. The predicted molar refractivity (Wildman–Crippen MR) is 48.1 cm³/mol. The van der Waals surface area contributed by atoms with Gasteiger partial charge in [-0.2, -0.15) is 10.5 Å². The molecule has 0 radical (unpaired) electrons.